The second kappa shape index (κ2) is 7.36. The molecule has 0 amide bonds. The third-order valence-electron chi connectivity index (χ3n) is 3.50. The molecule has 1 aromatic heterocycles. The fraction of sp³-hybridized carbons (Fsp3) is 0.375. The summed E-state index contributed by atoms with van der Waals surface area (Å²) < 4.78 is 14.4. The third-order valence-corrected chi connectivity index (χ3v) is 4.72. The van der Waals surface area contributed by atoms with Gasteiger partial charge in [0.05, 0.1) is 4.34 Å². The highest BCUT2D eigenvalue weighted by atomic mass is 35.5. The summed E-state index contributed by atoms with van der Waals surface area (Å²) in [5.41, 5.74) is 7.65. The van der Waals surface area contributed by atoms with Crippen LogP contribution in [0.4, 0.5) is 4.39 Å². The lowest BCUT2D eigenvalue weighted by Gasteiger charge is -2.19. The van der Waals surface area contributed by atoms with E-state index in [1.807, 2.05) is 18.2 Å². The lowest BCUT2D eigenvalue weighted by molar-refractivity contribution is 0.314. The third kappa shape index (κ3) is 4.78. The number of benzene rings is 1. The molecule has 0 spiro atoms. The number of nitrogens with zero attached hydrogens (tertiary/aromatic N) is 1. The second-order valence-electron chi connectivity index (χ2n) is 5.35. The van der Waals surface area contributed by atoms with Crippen LogP contribution in [0.3, 0.4) is 0 Å². The van der Waals surface area contributed by atoms with Crippen molar-refractivity contribution in [3.63, 3.8) is 0 Å². The molecular formula is C16H20ClFN2S. The number of thiophene rings is 1. The summed E-state index contributed by atoms with van der Waals surface area (Å²) >= 11 is 7.52. The molecule has 2 aromatic rings. The van der Waals surface area contributed by atoms with Crippen LogP contribution in [-0.2, 0) is 6.54 Å². The van der Waals surface area contributed by atoms with E-state index in [-0.39, 0.29) is 11.9 Å². The van der Waals surface area contributed by atoms with Crippen LogP contribution in [-0.4, -0.2) is 18.5 Å². The maximum absolute atomic E-state index is 13.6. The van der Waals surface area contributed by atoms with E-state index in [4.69, 9.17) is 17.3 Å². The first kappa shape index (κ1) is 16.4. The van der Waals surface area contributed by atoms with Crippen molar-refractivity contribution in [1.29, 1.82) is 0 Å². The Labute approximate surface area is 134 Å². The van der Waals surface area contributed by atoms with Crippen LogP contribution < -0.4 is 5.73 Å². The molecule has 0 aliphatic rings. The van der Waals surface area contributed by atoms with Crippen molar-refractivity contribution in [2.75, 3.05) is 13.6 Å². The number of hydrogen-bond donors (Lipinski definition) is 1. The minimum Gasteiger partial charge on any atom is -0.324 e. The Bertz CT molecular complexity index is 600. The van der Waals surface area contributed by atoms with Crippen molar-refractivity contribution >= 4 is 22.9 Å². The molecule has 2 N–H and O–H groups in total. The Kier molecular flexibility index (Phi) is 5.76. The number of rotatable bonds is 6. The van der Waals surface area contributed by atoms with E-state index >= 15 is 0 Å². The zero-order valence-corrected chi connectivity index (χ0v) is 13.8. The van der Waals surface area contributed by atoms with Crippen LogP contribution in [0.2, 0.25) is 4.34 Å². The normalized spacial score (nSPS) is 12.9. The van der Waals surface area contributed by atoms with E-state index < -0.39 is 0 Å². The molecule has 0 saturated heterocycles. The molecule has 0 fully saturated rings. The van der Waals surface area contributed by atoms with E-state index in [1.165, 1.54) is 4.88 Å². The van der Waals surface area contributed by atoms with E-state index in [9.17, 15) is 4.39 Å². The molecule has 5 heteroatoms. The summed E-state index contributed by atoms with van der Waals surface area (Å²) in [6.07, 6.45) is 0.790. The van der Waals surface area contributed by atoms with Crippen LogP contribution in [0.1, 0.15) is 28.5 Å². The van der Waals surface area contributed by atoms with Crippen molar-refractivity contribution < 1.29 is 4.39 Å². The molecule has 2 nitrogen and oxygen atoms in total. The monoisotopic (exact) mass is 326 g/mol. The first-order valence-electron chi connectivity index (χ1n) is 6.90. The second-order valence-corrected chi connectivity index (χ2v) is 7.15. The van der Waals surface area contributed by atoms with Gasteiger partial charge in [-0.15, -0.1) is 11.3 Å². The molecule has 1 heterocycles. The molecular weight excluding hydrogens is 307 g/mol. The summed E-state index contributed by atoms with van der Waals surface area (Å²) in [5.74, 6) is -0.190. The fourth-order valence-electron chi connectivity index (χ4n) is 2.15. The molecule has 0 aliphatic carbocycles. The van der Waals surface area contributed by atoms with Crippen LogP contribution >= 0.6 is 22.9 Å². The molecule has 2 rings (SSSR count). The zero-order chi connectivity index (χ0) is 15.4. The van der Waals surface area contributed by atoms with Crippen LogP contribution in [0.15, 0.2) is 30.3 Å². The van der Waals surface area contributed by atoms with Gasteiger partial charge in [0.25, 0.3) is 0 Å². The average molecular weight is 327 g/mol. The van der Waals surface area contributed by atoms with E-state index in [2.05, 4.69) is 11.9 Å². The van der Waals surface area contributed by atoms with Crippen molar-refractivity contribution in [3.8, 4) is 0 Å². The van der Waals surface area contributed by atoms with Gasteiger partial charge in [-0.2, -0.15) is 0 Å². The van der Waals surface area contributed by atoms with Gasteiger partial charge in [0.1, 0.15) is 5.82 Å². The highest BCUT2D eigenvalue weighted by molar-refractivity contribution is 7.16. The van der Waals surface area contributed by atoms with E-state index in [0.29, 0.717) is 5.56 Å². The fourth-order valence-corrected chi connectivity index (χ4v) is 3.32. The lowest BCUT2D eigenvalue weighted by atomic mass is 10.0. The van der Waals surface area contributed by atoms with E-state index in [0.717, 1.165) is 29.4 Å². The largest absolute Gasteiger partial charge is 0.324 e. The SMILES string of the molecule is Cc1ccc(C(N)CCN(C)Cc2ccc(Cl)s2)cc1F. The number of halogens is 2. The van der Waals surface area contributed by atoms with Crippen molar-refractivity contribution in [3.05, 3.63) is 56.5 Å². The molecule has 114 valence electrons. The molecule has 0 saturated carbocycles. The Morgan fingerprint density at radius 1 is 1.33 bits per heavy atom. The highest BCUT2D eigenvalue weighted by Crippen LogP contribution is 2.23. The maximum Gasteiger partial charge on any atom is 0.126 e. The first-order chi connectivity index (χ1) is 9.95. The van der Waals surface area contributed by atoms with Gasteiger partial charge in [0, 0.05) is 24.0 Å². The molecule has 21 heavy (non-hydrogen) atoms. The van der Waals surface area contributed by atoms with Crippen LogP contribution in [0.25, 0.3) is 0 Å². The summed E-state index contributed by atoms with van der Waals surface area (Å²) in [6, 6.07) is 9.03. The minimum atomic E-state index is -0.190. The van der Waals surface area contributed by atoms with Crippen LogP contribution in [0.5, 0.6) is 0 Å². The number of hydrogen-bond acceptors (Lipinski definition) is 3. The summed E-state index contributed by atoms with van der Waals surface area (Å²) in [7, 11) is 2.05. The number of aryl methyl sites for hydroxylation is 1. The zero-order valence-electron chi connectivity index (χ0n) is 12.3. The molecule has 1 unspecified atom stereocenters. The molecule has 1 atom stereocenters. The predicted octanol–water partition coefficient (Wildman–Crippen LogP) is 4.37. The Balaban J connectivity index is 1.85. The van der Waals surface area contributed by atoms with Crippen molar-refractivity contribution in [2.24, 2.45) is 5.73 Å². The molecule has 1 aromatic carbocycles. The quantitative estimate of drug-likeness (QED) is 0.854. The topological polar surface area (TPSA) is 29.3 Å². The van der Waals surface area contributed by atoms with Gasteiger partial charge in [-0.3, -0.25) is 0 Å². The van der Waals surface area contributed by atoms with Crippen molar-refractivity contribution in [2.45, 2.75) is 25.9 Å². The average Bonchev–Trinajstić information content (AvgIpc) is 2.84. The van der Waals surface area contributed by atoms with Gasteiger partial charge in [0.15, 0.2) is 0 Å². The minimum absolute atomic E-state index is 0.144. The van der Waals surface area contributed by atoms with Crippen molar-refractivity contribution in [1.82, 2.24) is 4.90 Å². The Morgan fingerprint density at radius 3 is 2.71 bits per heavy atom. The Hall–Kier alpha value is -0.940. The lowest BCUT2D eigenvalue weighted by Crippen LogP contribution is -2.23. The van der Waals surface area contributed by atoms with Gasteiger partial charge in [-0.25, -0.2) is 4.39 Å². The molecule has 0 aliphatic heterocycles. The van der Waals surface area contributed by atoms with Gasteiger partial charge in [-0.05, 0) is 49.7 Å². The van der Waals surface area contributed by atoms with Gasteiger partial charge >= 0.3 is 0 Å². The maximum atomic E-state index is 13.6. The summed E-state index contributed by atoms with van der Waals surface area (Å²) in [6.45, 7) is 3.46. The van der Waals surface area contributed by atoms with E-state index in [1.54, 1.807) is 30.4 Å². The predicted molar refractivity (Wildman–Crippen MR) is 88.3 cm³/mol. The number of nitrogens with two attached hydrogens (primary N) is 1. The Morgan fingerprint density at radius 2 is 2.10 bits per heavy atom. The smallest absolute Gasteiger partial charge is 0.126 e. The van der Waals surface area contributed by atoms with Gasteiger partial charge in [0.2, 0.25) is 0 Å². The molecule has 0 bridgehead atoms. The summed E-state index contributed by atoms with van der Waals surface area (Å²) in [5, 5.41) is 0. The highest BCUT2D eigenvalue weighted by Gasteiger charge is 2.10. The first-order valence-corrected chi connectivity index (χ1v) is 8.09. The van der Waals surface area contributed by atoms with Crippen LogP contribution in [0, 0.1) is 12.7 Å². The molecule has 0 radical (unpaired) electrons. The van der Waals surface area contributed by atoms with Gasteiger partial charge < -0.3 is 10.6 Å². The standard InChI is InChI=1S/C16H20ClFN2S/c1-11-3-4-12(9-14(11)18)15(19)7-8-20(2)10-13-5-6-16(17)21-13/h3-6,9,15H,7-8,10,19H2,1-2H3. The van der Waals surface area contributed by atoms with Gasteiger partial charge in [-0.1, -0.05) is 23.7 Å². The summed E-state index contributed by atoms with van der Waals surface area (Å²) in [4.78, 5) is 3.43.